The Morgan fingerprint density at radius 1 is 1.30 bits per heavy atom. The van der Waals surface area contributed by atoms with E-state index in [9.17, 15) is 9.59 Å². The van der Waals surface area contributed by atoms with E-state index in [-0.39, 0.29) is 5.91 Å². The number of primary amides is 1. The molecule has 2 heterocycles. The molecule has 0 saturated heterocycles. The smallest absolute Gasteiger partial charge is 0.280 e. The second kappa shape index (κ2) is 6.65. The minimum atomic E-state index is -0.527. The average Bonchev–Trinajstić information content (AvgIpc) is 2.99. The van der Waals surface area contributed by atoms with Crippen LogP contribution in [0.2, 0.25) is 0 Å². The topological polar surface area (TPSA) is 76.6 Å². The van der Waals surface area contributed by atoms with Gasteiger partial charge in [-0.1, -0.05) is 6.07 Å². The van der Waals surface area contributed by atoms with E-state index >= 15 is 0 Å². The lowest BCUT2D eigenvalue weighted by Gasteiger charge is -2.12. The molecule has 2 rings (SSSR count). The maximum absolute atomic E-state index is 12.0. The zero-order chi connectivity index (χ0) is 14.5. The molecule has 106 valence electrons. The lowest BCUT2D eigenvalue weighted by molar-refractivity contribution is -0.884. The number of hydrogen-bond donors (Lipinski definition) is 3. The maximum atomic E-state index is 12.0. The third kappa shape index (κ3) is 3.89. The van der Waals surface area contributed by atoms with E-state index in [0.29, 0.717) is 17.1 Å². The van der Waals surface area contributed by atoms with Crippen molar-refractivity contribution >= 4 is 39.5 Å². The first kappa shape index (κ1) is 14.7. The zero-order valence-electron chi connectivity index (χ0n) is 11.0. The molecule has 0 aliphatic heterocycles. The molecule has 4 N–H and O–H groups in total. The van der Waals surface area contributed by atoms with Gasteiger partial charge in [0.1, 0.15) is 11.5 Å². The van der Waals surface area contributed by atoms with Gasteiger partial charge in [0.25, 0.3) is 11.8 Å². The molecule has 0 aliphatic carbocycles. The van der Waals surface area contributed by atoms with Crippen LogP contribution in [0.5, 0.6) is 0 Å². The Morgan fingerprint density at radius 3 is 2.75 bits per heavy atom. The Kier molecular flexibility index (Phi) is 4.89. The highest BCUT2D eigenvalue weighted by Gasteiger charge is 2.15. The van der Waals surface area contributed by atoms with Crippen LogP contribution in [0, 0.1) is 0 Å². The van der Waals surface area contributed by atoms with Crippen molar-refractivity contribution in [1.29, 1.82) is 0 Å². The van der Waals surface area contributed by atoms with Gasteiger partial charge in [-0.2, -0.15) is 0 Å². The highest BCUT2D eigenvalue weighted by atomic mass is 32.1. The molecule has 0 aromatic carbocycles. The molecule has 20 heavy (non-hydrogen) atoms. The molecule has 5 nitrogen and oxygen atoms in total. The van der Waals surface area contributed by atoms with Gasteiger partial charge in [0.05, 0.1) is 17.5 Å². The highest BCUT2D eigenvalue weighted by Crippen LogP contribution is 2.22. The summed E-state index contributed by atoms with van der Waals surface area (Å²) in [4.78, 5) is 25.4. The lowest BCUT2D eigenvalue weighted by atomic mass is 10.3. The predicted octanol–water partition coefficient (Wildman–Crippen LogP) is 0.562. The number of nitrogens with one attached hydrogen (secondary N) is 2. The Hall–Kier alpha value is -1.70. The summed E-state index contributed by atoms with van der Waals surface area (Å²) in [5, 5.41) is 7.02. The van der Waals surface area contributed by atoms with E-state index in [1.807, 2.05) is 18.5 Å². The molecule has 0 saturated carbocycles. The SMILES string of the molecule is C[NH+](CC(=O)Nc1sccc1C(N)=O)Cc1cccs1. The van der Waals surface area contributed by atoms with Crippen molar-refractivity contribution in [1.82, 2.24) is 0 Å². The van der Waals surface area contributed by atoms with Crippen molar-refractivity contribution in [3.63, 3.8) is 0 Å². The highest BCUT2D eigenvalue weighted by molar-refractivity contribution is 7.14. The summed E-state index contributed by atoms with van der Waals surface area (Å²) in [5.41, 5.74) is 5.60. The summed E-state index contributed by atoms with van der Waals surface area (Å²) in [6.07, 6.45) is 0. The van der Waals surface area contributed by atoms with Crippen LogP contribution in [0.3, 0.4) is 0 Å². The van der Waals surface area contributed by atoms with E-state index in [1.165, 1.54) is 16.2 Å². The fraction of sp³-hybridized carbons (Fsp3) is 0.231. The van der Waals surface area contributed by atoms with Gasteiger partial charge in [0, 0.05) is 0 Å². The van der Waals surface area contributed by atoms with Gasteiger partial charge in [-0.05, 0) is 22.9 Å². The molecule has 2 aromatic rings. The number of anilines is 1. The first-order valence-electron chi connectivity index (χ1n) is 6.07. The van der Waals surface area contributed by atoms with E-state index in [2.05, 4.69) is 11.4 Å². The average molecular weight is 310 g/mol. The number of likely N-dealkylation sites (N-methyl/N-ethyl adjacent to an activating group) is 1. The normalized spacial score (nSPS) is 12.1. The maximum Gasteiger partial charge on any atom is 0.280 e. The van der Waals surface area contributed by atoms with Crippen molar-refractivity contribution in [2.24, 2.45) is 5.73 Å². The molecule has 2 amide bonds. The van der Waals surface area contributed by atoms with Crippen LogP contribution in [0.25, 0.3) is 0 Å². The first-order valence-corrected chi connectivity index (χ1v) is 7.83. The lowest BCUT2D eigenvalue weighted by Crippen LogP contribution is -3.08. The summed E-state index contributed by atoms with van der Waals surface area (Å²) in [5.74, 6) is -0.648. The van der Waals surface area contributed by atoms with Crippen LogP contribution in [0.15, 0.2) is 29.0 Å². The molecule has 0 aliphatic rings. The van der Waals surface area contributed by atoms with E-state index in [1.54, 1.807) is 22.8 Å². The molecule has 0 bridgehead atoms. The third-order valence-electron chi connectivity index (χ3n) is 2.70. The summed E-state index contributed by atoms with van der Waals surface area (Å²) >= 11 is 2.98. The van der Waals surface area contributed by atoms with Crippen LogP contribution in [0.4, 0.5) is 5.00 Å². The number of hydrogen-bond acceptors (Lipinski definition) is 4. The molecule has 7 heteroatoms. The van der Waals surface area contributed by atoms with Crippen LogP contribution in [0.1, 0.15) is 15.2 Å². The molecular formula is C13H16N3O2S2+. The van der Waals surface area contributed by atoms with Crippen LogP contribution >= 0.6 is 22.7 Å². The van der Waals surface area contributed by atoms with Gasteiger partial charge < -0.3 is 16.0 Å². The van der Waals surface area contributed by atoms with Gasteiger partial charge in [0.2, 0.25) is 0 Å². The Bertz CT molecular complexity index is 593. The van der Waals surface area contributed by atoms with Crippen molar-refractivity contribution in [3.05, 3.63) is 39.4 Å². The minimum absolute atomic E-state index is 0.121. The van der Waals surface area contributed by atoms with Crippen molar-refractivity contribution in [2.75, 3.05) is 18.9 Å². The quantitative estimate of drug-likeness (QED) is 0.729. The fourth-order valence-corrected chi connectivity index (χ4v) is 3.45. The molecule has 1 unspecified atom stereocenters. The number of amides is 2. The number of quaternary nitrogens is 1. The Morgan fingerprint density at radius 2 is 2.10 bits per heavy atom. The van der Waals surface area contributed by atoms with Crippen molar-refractivity contribution in [3.8, 4) is 0 Å². The molecule has 2 aromatic heterocycles. The molecule has 0 radical (unpaired) electrons. The number of thiophene rings is 2. The van der Waals surface area contributed by atoms with Gasteiger partial charge in [-0.25, -0.2) is 0 Å². The summed E-state index contributed by atoms with van der Waals surface area (Å²) in [7, 11) is 1.96. The van der Waals surface area contributed by atoms with Crippen molar-refractivity contribution < 1.29 is 14.5 Å². The van der Waals surface area contributed by atoms with Crippen LogP contribution < -0.4 is 16.0 Å². The fourth-order valence-electron chi connectivity index (χ4n) is 1.82. The summed E-state index contributed by atoms with van der Waals surface area (Å²) in [6, 6.07) is 5.67. The first-order chi connectivity index (χ1) is 9.56. The van der Waals surface area contributed by atoms with E-state index < -0.39 is 5.91 Å². The predicted molar refractivity (Wildman–Crippen MR) is 81.2 cm³/mol. The second-order valence-electron chi connectivity index (χ2n) is 4.47. The Labute approximate surface area is 125 Å². The van der Waals surface area contributed by atoms with E-state index in [4.69, 9.17) is 5.73 Å². The summed E-state index contributed by atoms with van der Waals surface area (Å²) < 4.78 is 0. The van der Waals surface area contributed by atoms with Gasteiger partial charge >= 0.3 is 0 Å². The van der Waals surface area contributed by atoms with Gasteiger partial charge in [-0.3, -0.25) is 9.59 Å². The zero-order valence-corrected chi connectivity index (χ0v) is 12.6. The number of carbonyl (C=O) groups is 2. The molecule has 0 spiro atoms. The number of nitrogens with two attached hydrogens (primary N) is 1. The second-order valence-corrected chi connectivity index (χ2v) is 6.41. The standard InChI is InChI=1S/C13H15N3O2S2/c1-16(7-9-3-2-5-19-9)8-11(17)15-13-10(12(14)18)4-6-20-13/h2-6H,7-8H2,1H3,(H2,14,18)(H,15,17)/p+1. The summed E-state index contributed by atoms with van der Waals surface area (Å²) in [6.45, 7) is 1.15. The minimum Gasteiger partial charge on any atom is -0.366 e. The largest absolute Gasteiger partial charge is 0.366 e. The van der Waals surface area contributed by atoms with Crippen LogP contribution in [-0.2, 0) is 11.3 Å². The molecule has 1 atom stereocenters. The molecular weight excluding hydrogens is 294 g/mol. The van der Waals surface area contributed by atoms with Gasteiger partial charge in [0.15, 0.2) is 6.54 Å². The van der Waals surface area contributed by atoms with Crippen LogP contribution in [-0.4, -0.2) is 25.4 Å². The third-order valence-corrected chi connectivity index (χ3v) is 4.41. The number of rotatable bonds is 6. The molecule has 0 fully saturated rings. The monoisotopic (exact) mass is 310 g/mol. The number of carbonyl (C=O) groups excluding carboxylic acids is 2. The van der Waals surface area contributed by atoms with Gasteiger partial charge in [-0.15, -0.1) is 22.7 Å². The van der Waals surface area contributed by atoms with Crippen molar-refractivity contribution in [2.45, 2.75) is 6.54 Å². The van der Waals surface area contributed by atoms with E-state index in [0.717, 1.165) is 11.4 Å². The Balaban J connectivity index is 1.89.